The van der Waals surface area contributed by atoms with Gasteiger partial charge in [0.15, 0.2) is 0 Å². The molecule has 0 aliphatic rings. The summed E-state index contributed by atoms with van der Waals surface area (Å²) in [6.07, 6.45) is 0. The molecule has 1 aromatic carbocycles. The molecule has 1 aromatic heterocycles. The maximum atomic E-state index is 13.1. The van der Waals surface area contributed by atoms with Gasteiger partial charge in [0, 0.05) is 14.2 Å². The fourth-order valence-corrected chi connectivity index (χ4v) is 3.28. The average Bonchev–Trinajstić information content (AvgIpc) is 2.62. The van der Waals surface area contributed by atoms with Crippen LogP contribution in [0.2, 0.25) is 5.02 Å². The quantitative estimate of drug-likeness (QED) is 0.849. The summed E-state index contributed by atoms with van der Waals surface area (Å²) in [5.74, 6) is -0.425. The number of nitrogens with two attached hydrogens (primary N) is 1. The molecule has 1 heterocycles. The number of hydrogen-bond donors (Lipinski definition) is 1. The van der Waals surface area contributed by atoms with E-state index in [4.69, 9.17) is 17.3 Å². The number of thiophene rings is 1. The monoisotopic (exact) mass is 333 g/mol. The van der Waals surface area contributed by atoms with Crippen molar-refractivity contribution in [2.24, 2.45) is 5.73 Å². The molecule has 2 N–H and O–H groups in total. The van der Waals surface area contributed by atoms with E-state index < -0.39 is 5.82 Å². The molecule has 0 saturated heterocycles. The summed E-state index contributed by atoms with van der Waals surface area (Å²) < 4.78 is 14.1. The van der Waals surface area contributed by atoms with Crippen molar-refractivity contribution in [3.8, 4) is 0 Å². The maximum Gasteiger partial charge on any atom is 0.141 e. The third-order valence-electron chi connectivity index (χ3n) is 2.49. The van der Waals surface area contributed by atoms with Gasteiger partial charge in [-0.1, -0.05) is 17.7 Å². The van der Waals surface area contributed by atoms with Crippen molar-refractivity contribution in [3.05, 3.63) is 54.9 Å². The Labute approximate surface area is 117 Å². The normalized spacial score (nSPS) is 12.8. The van der Waals surface area contributed by atoms with Crippen LogP contribution in [-0.4, -0.2) is 0 Å². The third kappa shape index (κ3) is 2.71. The van der Waals surface area contributed by atoms with Gasteiger partial charge in [-0.3, -0.25) is 0 Å². The largest absolute Gasteiger partial charge is 0.320 e. The van der Waals surface area contributed by atoms with Crippen molar-refractivity contribution in [3.63, 3.8) is 0 Å². The molecule has 0 saturated carbocycles. The van der Waals surface area contributed by atoms with E-state index in [1.165, 1.54) is 10.9 Å². The van der Waals surface area contributed by atoms with Gasteiger partial charge >= 0.3 is 0 Å². The molecule has 17 heavy (non-hydrogen) atoms. The molecule has 5 heteroatoms. The number of halogens is 3. The molecule has 90 valence electrons. The molecule has 0 fully saturated rings. The second-order valence-electron chi connectivity index (χ2n) is 3.70. The smallest absolute Gasteiger partial charge is 0.141 e. The molecule has 1 atom stereocenters. The van der Waals surface area contributed by atoms with Crippen molar-refractivity contribution in [1.29, 1.82) is 0 Å². The van der Waals surface area contributed by atoms with Crippen molar-refractivity contribution in [2.75, 3.05) is 0 Å². The van der Waals surface area contributed by atoms with Gasteiger partial charge in [-0.2, -0.15) is 0 Å². The second-order valence-corrected chi connectivity index (χ2v) is 6.25. The fraction of sp³-hybridized carbons (Fsp3) is 0.167. The first kappa shape index (κ1) is 13.0. The van der Waals surface area contributed by atoms with Gasteiger partial charge in [-0.15, -0.1) is 11.3 Å². The lowest BCUT2D eigenvalue weighted by molar-refractivity contribution is 0.627. The van der Waals surface area contributed by atoms with Gasteiger partial charge in [0.25, 0.3) is 0 Å². The van der Waals surface area contributed by atoms with Crippen LogP contribution in [0, 0.1) is 12.7 Å². The van der Waals surface area contributed by atoms with Gasteiger partial charge in [0.05, 0.1) is 11.1 Å². The molecule has 0 spiro atoms. The zero-order valence-electron chi connectivity index (χ0n) is 9.01. The summed E-state index contributed by atoms with van der Waals surface area (Å²) in [6.45, 7) is 2.02. The SMILES string of the molecule is Cc1sc(C(N)c2ccc(F)c(Cl)c2)cc1Br. The Balaban J connectivity index is 2.36. The number of benzene rings is 1. The lowest BCUT2D eigenvalue weighted by Crippen LogP contribution is -2.10. The van der Waals surface area contributed by atoms with Gasteiger partial charge in [0.2, 0.25) is 0 Å². The summed E-state index contributed by atoms with van der Waals surface area (Å²) >= 11 is 10.8. The molecule has 2 rings (SSSR count). The molecule has 0 aliphatic heterocycles. The van der Waals surface area contributed by atoms with Gasteiger partial charge in [0.1, 0.15) is 5.82 Å². The predicted molar refractivity (Wildman–Crippen MR) is 74.2 cm³/mol. The predicted octanol–water partition coefficient (Wildman–Crippen LogP) is 4.66. The van der Waals surface area contributed by atoms with Crippen LogP contribution >= 0.6 is 38.9 Å². The van der Waals surface area contributed by atoms with E-state index in [-0.39, 0.29) is 11.1 Å². The minimum absolute atomic E-state index is 0.102. The molecule has 0 radical (unpaired) electrons. The molecule has 0 aliphatic carbocycles. The molecule has 0 bridgehead atoms. The van der Waals surface area contributed by atoms with Crippen LogP contribution in [0.4, 0.5) is 4.39 Å². The Bertz CT molecular complexity index is 536. The van der Waals surface area contributed by atoms with Crippen LogP contribution in [0.5, 0.6) is 0 Å². The summed E-state index contributed by atoms with van der Waals surface area (Å²) in [5.41, 5.74) is 6.94. The van der Waals surface area contributed by atoms with E-state index in [1.54, 1.807) is 23.5 Å². The summed E-state index contributed by atoms with van der Waals surface area (Å²) in [7, 11) is 0. The number of rotatable bonds is 2. The Morgan fingerprint density at radius 1 is 1.41 bits per heavy atom. The molecule has 2 aromatic rings. The first-order valence-corrected chi connectivity index (χ1v) is 6.94. The average molecular weight is 335 g/mol. The van der Waals surface area contributed by atoms with Crippen LogP contribution in [-0.2, 0) is 0 Å². The van der Waals surface area contributed by atoms with Crippen LogP contribution in [0.25, 0.3) is 0 Å². The van der Waals surface area contributed by atoms with E-state index >= 15 is 0 Å². The third-order valence-corrected chi connectivity index (χ3v) is 4.99. The summed E-state index contributed by atoms with van der Waals surface area (Å²) in [4.78, 5) is 2.20. The molecular formula is C12H10BrClFNS. The number of aryl methyl sites for hydroxylation is 1. The highest BCUT2D eigenvalue weighted by molar-refractivity contribution is 9.10. The first-order chi connectivity index (χ1) is 7.99. The zero-order chi connectivity index (χ0) is 12.6. The van der Waals surface area contributed by atoms with Crippen molar-refractivity contribution in [2.45, 2.75) is 13.0 Å². The summed E-state index contributed by atoms with van der Waals surface area (Å²) in [6, 6.07) is 6.29. The Hall–Kier alpha value is -0.420. The Kier molecular flexibility index (Phi) is 3.88. The topological polar surface area (TPSA) is 26.0 Å². The van der Waals surface area contributed by atoms with Crippen LogP contribution in [0.3, 0.4) is 0 Å². The maximum absolute atomic E-state index is 13.1. The van der Waals surface area contributed by atoms with E-state index in [0.717, 1.165) is 14.9 Å². The van der Waals surface area contributed by atoms with Crippen LogP contribution in [0.1, 0.15) is 21.4 Å². The van der Waals surface area contributed by atoms with Gasteiger partial charge in [-0.05, 0) is 46.6 Å². The molecular weight excluding hydrogens is 325 g/mol. The zero-order valence-corrected chi connectivity index (χ0v) is 12.2. The van der Waals surface area contributed by atoms with Crippen LogP contribution in [0.15, 0.2) is 28.7 Å². The first-order valence-electron chi connectivity index (χ1n) is 4.95. The molecule has 0 amide bonds. The molecule has 1 unspecified atom stereocenters. The van der Waals surface area contributed by atoms with E-state index in [9.17, 15) is 4.39 Å². The standard InChI is InChI=1S/C12H10BrClFNS/c1-6-8(13)5-11(17-6)12(16)7-2-3-10(15)9(14)4-7/h2-5,12H,16H2,1H3. The lowest BCUT2D eigenvalue weighted by Gasteiger charge is -2.10. The van der Waals surface area contributed by atoms with E-state index in [1.807, 2.05) is 13.0 Å². The fourth-order valence-electron chi connectivity index (χ4n) is 1.50. The van der Waals surface area contributed by atoms with Gasteiger partial charge < -0.3 is 5.73 Å². The minimum Gasteiger partial charge on any atom is -0.320 e. The Morgan fingerprint density at radius 3 is 2.65 bits per heavy atom. The van der Waals surface area contributed by atoms with E-state index in [2.05, 4.69) is 15.9 Å². The van der Waals surface area contributed by atoms with Crippen LogP contribution < -0.4 is 5.73 Å². The highest BCUT2D eigenvalue weighted by atomic mass is 79.9. The van der Waals surface area contributed by atoms with Crippen molar-refractivity contribution >= 4 is 38.9 Å². The molecule has 1 nitrogen and oxygen atoms in total. The number of hydrogen-bond acceptors (Lipinski definition) is 2. The summed E-state index contributed by atoms with van der Waals surface area (Å²) in [5, 5.41) is 0.102. The second kappa shape index (κ2) is 5.06. The van der Waals surface area contributed by atoms with Crippen molar-refractivity contribution < 1.29 is 4.39 Å². The Morgan fingerprint density at radius 2 is 2.12 bits per heavy atom. The lowest BCUT2D eigenvalue weighted by atomic mass is 10.1. The highest BCUT2D eigenvalue weighted by Gasteiger charge is 2.14. The van der Waals surface area contributed by atoms with E-state index in [0.29, 0.717) is 0 Å². The van der Waals surface area contributed by atoms with Gasteiger partial charge in [-0.25, -0.2) is 4.39 Å². The highest BCUT2D eigenvalue weighted by Crippen LogP contribution is 2.33. The minimum atomic E-state index is -0.425. The van der Waals surface area contributed by atoms with Crippen molar-refractivity contribution in [1.82, 2.24) is 0 Å².